The van der Waals surface area contributed by atoms with Crippen molar-refractivity contribution in [2.24, 2.45) is 5.10 Å². The summed E-state index contributed by atoms with van der Waals surface area (Å²) in [5, 5.41) is 6.80. The monoisotopic (exact) mass is 584 g/mol. The van der Waals surface area contributed by atoms with Crippen LogP contribution >= 0.6 is 0 Å². The molecule has 12 nitrogen and oxygen atoms in total. The Hall–Kier alpha value is -4.78. The van der Waals surface area contributed by atoms with Gasteiger partial charge in [0.15, 0.2) is 11.5 Å². The van der Waals surface area contributed by atoms with Gasteiger partial charge in [0.25, 0.3) is 15.9 Å². The maximum atomic E-state index is 14.0. The van der Waals surface area contributed by atoms with Gasteiger partial charge in [0.2, 0.25) is 5.91 Å². The van der Waals surface area contributed by atoms with Crippen molar-refractivity contribution in [1.82, 2.24) is 5.43 Å². The van der Waals surface area contributed by atoms with Crippen molar-refractivity contribution in [3.63, 3.8) is 0 Å². The number of nitrogens with zero attached hydrogens (tertiary/aromatic N) is 2. The first kappa shape index (κ1) is 30.8. The van der Waals surface area contributed by atoms with Crippen LogP contribution in [0.1, 0.15) is 19.4 Å². The first-order valence-corrected chi connectivity index (χ1v) is 13.7. The van der Waals surface area contributed by atoms with E-state index in [1.807, 2.05) is 0 Å². The van der Waals surface area contributed by atoms with Gasteiger partial charge in [-0.25, -0.2) is 13.8 Å². The van der Waals surface area contributed by atoms with Crippen LogP contribution in [0.4, 0.5) is 11.4 Å². The van der Waals surface area contributed by atoms with Crippen molar-refractivity contribution < 1.29 is 37.0 Å². The Morgan fingerprint density at radius 2 is 1.44 bits per heavy atom. The summed E-state index contributed by atoms with van der Waals surface area (Å²) in [4.78, 5) is 24.2. The van der Waals surface area contributed by atoms with Gasteiger partial charge in [0.05, 0.1) is 44.7 Å². The summed E-state index contributed by atoms with van der Waals surface area (Å²) in [5.74, 6) is 0.167. The van der Waals surface area contributed by atoms with E-state index in [4.69, 9.17) is 18.9 Å². The van der Waals surface area contributed by atoms with Crippen LogP contribution in [-0.4, -0.2) is 60.9 Å². The molecule has 2 amide bonds. The zero-order valence-corrected chi connectivity index (χ0v) is 24.4. The maximum Gasteiger partial charge on any atom is 0.265 e. The van der Waals surface area contributed by atoms with Gasteiger partial charge in [-0.3, -0.25) is 13.9 Å². The van der Waals surface area contributed by atoms with Crippen LogP contribution in [0.5, 0.6) is 23.0 Å². The quantitative estimate of drug-likeness (QED) is 0.243. The van der Waals surface area contributed by atoms with Crippen molar-refractivity contribution in [3.8, 4) is 23.0 Å². The molecular formula is C28H32N4O8S. The number of nitrogens with one attached hydrogen (secondary N) is 2. The second-order valence-electron chi connectivity index (χ2n) is 8.56. The van der Waals surface area contributed by atoms with E-state index in [0.29, 0.717) is 28.5 Å². The number of hydrogen-bond acceptors (Lipinski definition) is 9. The van der Waals surface area contributed by atoms with Gasteiger partial charge in [-0.05, 0) is 48.9 Å². The molecule has 0 saturated heterocycles. The lowest BCUT2D eigenvalue weighted by Gasteiger charge is -2.26. The minimum atomic E-state index is -4.35. The summed E-state index contributed by atoms with van der Waals surface area (Å²) in [5.41, 5.74) is 4.25. The molecule has 0 aliphatic heterocycles. The van der Waals surface area contributed by atoms with E-state index in [2.05, 4.69) is 15.8 Å². The molecule has 0 unspecified atom stereocenters. The SMILES string of the molecule is COc1ccc(OC)c(N(CC(=O)N/N=C(/C)c2ccc(NC(C)=O)cc2)S(=O)(=O)c2ccc(OC)c(OC)c2)c1. The Morgan fingerprint density at radius 1 is 0.805 bits per heavy atom. The third kappa shape index (κ3) is 7.45. The van der Waals surface area contributed by atoms with Gasteiger partial charge in [-0.2, -0.15) is 5.10 Å². The Kier molecular flexibility index (Phi) is 10.1. The lowest BCUT2D eigenvalue weighted by Crippen LogP contribution is -2.40. The van der Waals surface area contributed by atoms with E-state index in [1.165, 1.54) is 65.7 Å². The molecular weight excluding hydrogens is 552 g/mol. The molecule has 218 valence electrons. The molecule has 2 N–H and O–H groups in total. The van der Waals surface area contributed by atoms with E-state index in [1.54, 1.807) is 37.3 Å². The van der Waals surface area contributed by atoms with E-state index in [0.717, 1.165) is 4.31 Å². The first-order valence-electron chi connectivity index (χ1n) is 12.2. The Labute approximate surface area is 238 Å². The number of hydrazone groups is 1. The van der Waals surface area contributed by atoms with Gasteiger partial charge in [-0.15, -0.1) is 0 Å². The van der Waals surface area contributed by atoms with Crippen molar-refractivity contribution in [2.75, 3.05) is 44.6 Å². The van der Waals surface area contributed by atoms with E-state index >= 15 is 0 Å². The van der Waals surface area contributed by atoms with Gasteiger partial charge >= 0.3 is 0 Å². The fraction of sp³-hybridized carbons (Fsp3) is 0.250. The number of anilines is 2. The largest absolute Gasteiger partial charge is 0.497 e. The second kappa shape index (κ2) is 13.5. The molecule has 3 rings (SSSR count). The summed E-state index contributed by atoms with van der Waals surface area (Å²) < 4.78 is 50.0. The third-order valence-electron chi connectivity index (χ3n) is 5.86. The van der Waals surface area contributed by atoms with Crippen molar-refractivity contribution in [2.45, 2.75) is 18.7 Å². The number of sulfonamides is 1. The molecule has 0 spiro atoms. The van der Waals surface area contributed by atoms with Crippen LogP contribution in [0.3, 0.4) is 0 Å². The molecule has 3 aromatic rings. The smallest absolute Gasteiger partial charge is 0.265 e. The number of amides is 2. The van der Waals surface area contributed by atoms with E-state index in [9.17, 15) is 18.0 Å². The number of carbonyl (C=O) groups is 2. The van der Waals surface area contributed by atoms with Gasteiger partial charge < -0.3 is 24.3 Å². The average molecular weight is 585 g/mol. The van der Waals surface area contributed by atoms with Crippen molar-refractivity contribution in [3.05, 3.63) is 66.2 Å². The van der Waals surface area contributed by atoms with Gasteiger partial charge in [-0.1, -0.05) is 12.1 Å². The normalized spacial score (nSPS) is 11.3. The number of methoxy groups -OCH3 is 4. The van der Waals surface area contributed by atoms with Crippen LogP contribution in [-0.2, 0) is 19.6 Å². The highest BCUT2D eigenvalue weighted by Gasteiger charge is 2.31. The lowest BCUT2D eigenvalue weighted by atomic mass is 10.1. The summed E-state index contributed by atoms with van der Waals surface area (Å²) in [6.45, 7) is 2.45. The lowest BCUT2D eigenvalue weighted by molar-refractivity contribution is -0.119. The molecule has 0 atom stereocenters. The van der Waals surface area contributed by atoms with Crippen LogP contribution in [0, 0.1) is 0 Å². The highest BCUT2D eigenvalue weighted by atomic mass is 32.2. The van der Waals surface area contributed by atoms with E-state index in [-0.39, 0.29) is 28.0 Å². The number of rotatable bonds is 12. The van der Waals surface area contributed by atoms with Crippen LogP contribution in [0.25, 0.3) is 0 Å². The molecule has 0 aliphatic rings. The summed E-state index contributed by atoms with van der Waals surface area (Å²) in [7, 11) is 1.29. The molecule has 0 fully saturated rings. The van der Waals surface area contributed by atoms with Crippen LogP contribution < -0.4 is 34.0 Å². The molecule has 0 heterocycles. The standard InChI is InChI=1S/C28H32N4O8S/c1-18(20-7-9-21(10-8-20)29-19(2)33)30-31-28(34)17-32(24-15-22(37-3)11-13-25(24)38-4)41(35,36)23-12-14-26(39-5)27(16-23)40-6/h7-16H,17H2,1-6H3,(H,29,33)(H,31,34)/b30-18-. The Morgan fingerprint density at radius 3 is 2.02 bits per heavy atom. The molecule has 0 bridgehead atoms. The van der Waals surface area contributed by atoms with E-state index < -0.39 is 22.5 Å². The first-order chi connectivity index (χ1) is 19.5. The molecule has 0 radical (unpaired) electrons. The van der Waals surface area contributed by atoms with Crippen LogP contribution in [0.15, 0.2) is 70.7 Å². The molecule has 13 heteroatoms. The zero-order valence-electron chi connectivity index (χ0n) is 23.5. The predicted octanol–water partition coefficient (Wildman–Crippen LogP) is 3.42. The minimum absolute atomic E-state index is 0.0750. The fourth-order valence-corrected chi connectivity index (χ4v) is 5.21. The zero-order chi connectivity index (χ0) is 30.2. The summed E-state index contributed by atoms with van der Waals surface area (Å²) in [6, 6.07) is 15.6. The average Bonchev–Trinajstić information content (AvgIpc) is 2.97. The maximum absolute atomic E-state index is 14.0. The van der Waals surface area contributed by atoms with Gasteiger partial charge in [0.1, 0.15) is 18.0 Å². The summed E-state index contributed by atoms with van der Waals surface area (Å²) >= 11 is 0. The van der Waals surface area contributed by atoms with Crippen LogP contribution in [0.2, 0.25) is 0 Å². The molecule has 0 saturated carbocycles. The highest BCUT2D eigenvalue weighted by molar-refractivity contribution is 7.92. The number of benzene rings is 3. The number of carbonyl (C=O) groups excluding carboxylic acids is 2. The predicted molar refractivity (Wildman–Crippen MR) is 155 cm³/mol. The second-order valence-corrected chi connectivity index (χ2v) is 10.4. The van der Waals surface area contributed by atoms with Crippen molar-refractivity contribution >= 4 is 38.9 Å². The molecule has 0 aromatic heterocycles. The number of ether oxygens (including phenoxy) is 4. The topological polar surface area (TPSA) is 145 Å². The number of hydrogen-bond donors (Lipinski definition) is 2. The molecule has 3 aromatic carbocycles. The third-order valence-corrected chi connectivity index (χ3v) is 7.61. The molecule has 0 aliphatic carbocycles. The van der Waals surface area contributed by atoms with Gasteiger partial charge in [0, 0.05) is 24.7 Å². The highest BCUT2D eigenvalue weighted by Crippen LogP contribution is 2.37. The molecule has 41 heavy (non-hydrogen) atoms. The van der Waals surface area contributed by atoms with Crippen molar-refractivity contribution in [1.29, 1.82) is 0 Å². The minimum Gasteiger partial charge on any atom is -0.497 e. The summed E-state index contributed by atoms with van der Waals surface area (Å²) in [6.07, 6.45) is 0. The Balaban J connectivity index is 1.97. The fourth-order valence-electron chi connectivity index (χ4n) is 3.77. The Bertz CT molecular complexity index is 1540.